The van der Waals surface area contributed by atoms with E-state index in [0.717, 1.165) is 19.3 Å². The number of piperidine rings is 1. The number of ether oxygens (including phenoxy) is 1. The van der Waals surface area contributed by atoms with Crippen molar-refractivity contribution in [1.82, 2.24) is 4.31 Å². The van der Waals surface area contributed by atoms with E-state index in [1.54, 1.807) is 22.5 Å². The van der Waals surface area contributed by atoms with E-state index in [1.807, 2.05) is 13.8 Å². The number of rotatable bonds is 6. The summed E-state index contributed by atoms with van der Waals surface area (Å²) in [7, 11) is -2.22. The van der Waals surface area contributed by atoms with Crippen molar-refractivity contribution in [1.29, 1.82) is 0 Å². The zero-order valence-electron chi connectivity index (χ0n) is 17.4. The number of nitrogens with zero attached hydrogens (tertiary/aromatic N) is 1. The van der Waals surface area contributed by atoms with Crippen molar-refractivity contribution in [2.45, 2.75) is 56.5 Å². The van der Waals surface area contributed by atoms with Crippen molar-refractivity contribution in [2.75, 3.05) is 12.4 Å². The minimum absolute atomic E-state index is 0.0101. The number of hydrogen-bond donors (Lipinski definition) is 1. The lowest BCUT2D eigenvalue weighted by Crippen LogP contribution is -2.47. The minimum Gasteiger partial charge on any atom is -0.494 e. The van der Waals surface area contributed by atoms with Crippen LogP contribution in [0.4, 0.5) is 10.1 Å². The molecule has 1 amide bonds. The molecule has 1 heterocycles. The number of halogens is 1. The second-order valence-electron chi connectivity index (χ2n) is 7.68. The van der Waals surface area contributed by atoms with Crippen LogP contribution >= 0.6 is 0 Å². The molecule has 162 valence electrons. The average molecular weight is 435 g/mol. The molecule has 0 aromatic heterocycles. The summed E-state index contributed by atoms with van der Waals surface area (Å²) in [6.07, 6.45) is 2.72. The van der Waals surface area contributed by atoms with Crippen LogP contribution in [-0.4, -0.2) is 37.8 Å². The van der Waals surface area contributed by atoms with Crippen LogP contribution < -0.4 is 10.1 Å². The third-order valence-electron chi connectivity index (χ3n) is 5.41. The van der Waals surface area contributed by atoms with Crippen LogP contribution in [0.15, 0.2) is 47.4 Å². The molecule has 1 fully saturated rings. The summed E-state index contributed by atoms with van der Waals surface area (Å²) in [5, 5.41) is 2.71. The molecule has 1 aliphatic rings. The number of methoxy groups -OCH3 is 1. The molecule has 30 heavy (non-hydrogen) atoms. The predicted octanol–water partition coefficient (Wildman–Crippen LogP) is 3.97. The molecule has 0 spiro atoms. The summed E-state index contributed by atoms with van der Waals surface area (Å²) in [5.41, 5.74) is 0.991. The summed E-state index contributed by atoms with van der Waals surface area (Å²) in [4.78, 5) is 12.5. The van der Waals surface area contributed by atoms with Crippen molar-refractivity contribution in [3.05, 3.63) is 53.8 Å². The summed E-state index contributed by atoms with van der Waals surface area (Å²) in [5.74, 6) is -0.736. The molecule has 2 aromatic carbocycles. The van der Waals surface area contributed by atoms with Crippen LogP contribution in [0.5, 0.6) is 5.75 Å². The molecular formula is C22H27FN2O4S. The fraction of sp³-hybridized carbons (Fsp3) is 0.409. The van der Waals surface area contributed by atoms with Gasteiger partial charge in [0.25, 0.3) is 0 Å². The second-order valence-corrected chi connectivity index (χ2v) is 9.53. The Hall–Kier alpha value is -2.45. The first-order chi connectivity index (χ1) is 14.2. The third-order valence-corrected chi connectivity index (χ3v) is 7.55. The molecule has 8 heteroatoms. The van der Waals surface area contributed by atoms with Crippen LogP contribution in [0.2, 0.25) is 0 Å². The van der Waals surface area contributed by atoms with E-state index in [0.29, 0.717) is 11.3 Å². The van der Waals surface area contributed by atoms with Crippen LogP contribution in [-0.2, 0) is 21.2 Å². The molecule has 1 N–H and O–H groups in total. The molecule has 6 nitrogen and oxygen atoms in total. The summed E-state index contributed by atoms with van der Waals surface area (Å²) < 4.78 is 46.3. The second kappa shape index (κ2) is 9.14. The average Bonchev–Trinajstić information content (AvgIpc) is 2.68. The van der Waals surface area contributed by atoms with Gasteiger partial charge in [0, 0.05) is 17.8 Å². The molecule has 0 bridgehead atoms. The first-order valence-corrected chi connectivity index (χ1v) is 11.4. The molecule has 2 aromatic rings. The van der Waals surface area contributed by atoms with Gasteiger partial charge in [-0.2, -0.15) is 4.31 Å². The first-order valence-electron chi connectivity index (χ1n) is 9.98. The first kappa shape index (κ1) is 22.2. The van der Waals surface area contributed by atoms with Gasteiger partial charge in [0.05, 0.1) is 18.4 Å². The molecule has 0 radical (unpaired) electrons. The quantitative estimate of drug-likeness (QED) is 0.747. The minimum atomic E-state index is -3.60. The van der Waals surface area contributed by atoms with Gasteiger partial charge >= 0.3 is 0 Å². The Morgan fingerprint density at radius 1 is 1.13 bits per heavy atom. The van der Waals surface area contributed by atoms with Gasteiger partial charge in [0.15, 0.2) is 11.6 Å². The van der Waals surface area contributed by atoms with E-state index in [9.17, 15) is 17.6 Å². The number of anilines is 1. The number of nitrogens with one attached hydrogen (secondary N) is 1. The van der Waals surface area contributed by atoms with Gasteiger partial charge in [0.1, 0.15) is 0 Å². The zero-order chi connectivity index (χ0) is 21.9. The maximum Gasteiger partial charge on any atom is 0.243 e. The van der Waals surface area contributed by atoms with Crippen LogP contribution in [0.25, 0.3) is 0 Å². The van der Waals surface area contributed by atoms with E-state index < -0.39 is 15.8 Å². The third kappa shape index (κ3) is 4.82. The van der Waals surface area contributed by atoms with Gasteiger partial charge in [-0.3, -0.25) is 4.79 Å². The molecule has 0 saturated carbocycles. The Morgan fingerprint density at radius 2 is 1.77 bits per heavy atom. The highest BCUT2D eigenvalue weighted by molar-refractivity contribution is 7.89. The van der Waals surface area contributed by atoms with Gasteiger partial charge in [0.2, 0.25) is 15.9 Å². The van der Waals surface area contributed by atoms with E-state index in [1.165, 1.54) is 31.4 Å². The van der Waals surface area contributed by atoms with Gasteiger partial charge in [-0.1, -0.05) is 12.5 Å². The Balaban J connectivity index is 1.68. The molecule has 0 aliphatic carbocycles. The van der Waals surface area contributed by atoms with Gasteiger partial charge in [-0.15, -0.1) is 0 Å². The van der Waals surface area contributed by atoms with Gasteiger partial charge < -0.3 is 10.1 Å². The number of amides is 1. The molecule has 1 saturated heterocycles. The molecule has 0 unspecified atom stereocenters. The molecule has 3 rings (SSSR count). The largest absolute Gasteiger partial charge is 0.494 e. The smallest absolute Gasteiger partial charge is 0.243 e. The van der Waals surface area contributed by atoms with Crippen LogP contribution in [0, 0.1) is 5.82 Å². The topological polar surface area (TPSA) is 75.7 Å². The van der Waals surface area contributed by atoms with Crippen LogP contribution in [0.3, 0.4) is 0 Å². The SMILES string of the molecule is COc1ccc(CC(=O)Nc2ccc(S(=O)(=O)N3[C@H](C)CCC[C@H]3C)cc2)cc1F. The lowest BCUT2D eigenvalue weighted by Gasteiger charge is -2.37. The van der Waals surface area contributed by atoms with Crippen molar-refractivity contribution < 1.29 is 22.3 Å². The van der Waals surface area contributed by atoms with Gasteiger partial charge in [-0.25, -0.2) is 12.8 Å². The molecule has 2 atom stereocenters. The standard InChI is InChI=1S/C22H27FN2O4S/c1-15-5-4-6-16(2)25(15)30(27,28)19-10-8-18(9-11-19)24-22(26)14-17-7-12-21(29-3)20(23)13-17/h7-13,15-16H,4-6,14H2,1-3H3,(H,24,26)/t15-,16-/m1/s1. The van der Waals surface area contributed by atoms with Crippen molar-refractivity contribution in [2.24, 2.45) is 0 Å². The summed E-state index contributed by atoms with van der Waals surface area (Å²) >= 11 is 0. The van der Waals surface area contributed by atoms with Crippen molar-refractivity contribution in [3.63, 3.8) is 0 Å². The van der Waals surface area contributed by atoms with Crippen molar-refractivity contribution >= 4 is 21.6 Å². The predicted molar refractivity (Wildman–Crippen MR) is 114 cm³/mol. The fourth-order valence-corrected chi connectivity index (χ4v) is 5.80. The summed E-state index contributed by atoms with van der Waals surface area (Å²) in [6, 6.07) is 10.4. The fourth-order valence-electron chi connectivity index (χ4n) is 3.91. The normalized spacial score (nSPS) is 20.0. The Labute approximate surface area is 177 Å². The zero-order valence-corrected chi connectivity index (χ0v) is 18.2. The van der Waals surface area contributed by atoms with E-state index in [4.69, 9.17) is 4.74 Å². The van der Waals surface area contributed by atoms with Crippen LogP contribution in [0.1, 0.15) is 38.7 Å². The summed E-state index contributed by atoms with van der Waals surface area (Å²) in [6.45, 7) is 3.87. The van der Waals surface area contributed by atoms with Gasteiger partial charge in [-0.05, 0) is 68.7 Å². The highest BCUT2D eigenvalue weighted by Gasteiger charge is 2.35. The Morgan fingerprint density at radius 3 is 2.33 bits per heavy atom. The number of benzene rings is 2. The number of sulfonamides is 1. The molecule has 1 aliphatic heterocycles. The number of hydrogen-bond acceptors (Lipinski definition) is 4. The van der Waals surface area contributed by atoms with Crippen molar-refractivity contribution in [3.8, 4) is 5.75 Å². The van der Waals surface area contributed by atoms with E-state index >= 15 is 0 Å². The molecular weight excluding hydrogens is 407 g/mol. The lowest BCUT2D eigenvalue weighted by molar-refractivity contribution is -0.115. The highest BCUT2D eigenvalue weighted by Crippen LogP contribution is 2.30. The van der Waals surface area contributed by atoms with E-state index in [2.05, 4.69) is 5.32 Å². The monoisotopic (exact) mass is 434 g/mol. The Bertz CT molecular complexity index is 998. The number of carbonyl (C=O) groups excluding carboxylic acids is 1. The van der Waals surface area contributed by atoms with E-state index in [-0.39, 0.29) is 35.1 Å². The number of carbonyl (C=O) groups is 1. The maximum atomic E-state index is 13.8. The highest BCUT2D eigenvalue weighted by atomic mass is 32.2. The lowest BCUT2D eigenvalue weighted by atomic mass is 10.0. The Kier molecular flexibility index (Phi) is 6.77. The maximum absolute atomic E-state index is 13.8.